The summed E-state index contributed by atoms with van der Waals surface area (Å²) in [5.41, 5.74) is 5.70. The summed E-state index contributed by atoms with van der Waals surface area (Å²) in [7, 11) is 1.55. The fourth-order valence-corrected chi connectivity index (χ4v) is 1.15. The highest BCUT2D eigenvalue weighted by Crippen LogP contribution is 2.21. The summed E-state index contributed by atoms with van der Waals surface area (Å²) in [6, 6.07) is 4.05. The third-order valence-electron chi connectivity index (χ3n) is 1.84. The van der Waals surface area contributed by atoms with Crippen molar-refractivity contribution in [1.29, 1.82) is 0 Å². The minimum atomic E-state index is -0.510. The molecule has 5 heteroatoms. The Labute approximate surface area is 86.3 Å². The molecule has 0 aromatic heterocycles. The molecule has 0 unspecified atom stereocenters. The quantitative estimate of drug-likeness (QED) is 0.813. The molecule has 1 aromatic carbocycles. The number of amides is 1. The predicted octanol–water partition coefficient (Wildman–Crippen LogP) is 1.40. The van der Waals surface area contributed by atoms with Crippen LogP contribution in [0, 0.1) is 5.82 Å². The van der Waals surface area contributed by atoms with E-state index in [1.165, 1.54) is 23.1 Å². The van der Waals surface area contributed by atoms with Crippen LogP contribution in [0.3, 0.4) is 0 Å². The molecule has 14 heavy (non-hydrogen) atoms. The first-order valence-electron chi connectivity index (χ1n) is 3.98. The molecule has 0 bridgehead atoms. The Kier molecular flexibility index (Phi) is 3.43. The van der Waals surface area contributed by atoms with Gasteiger partial charge in [0.2, 0.25) is 5.91 Å². The van der Waals surface area contributed by atoms with Crippen LogP contribution in [0.25, 0.3) is 0 Å². The number of likely N-dealkylation sites (N-methyl/N-ethyl adjacent to an activating group) is 1. The van der Waals surface area contributed by atoms with Gasteiger partial charge in [0, 0.05) is 12.7 Å². The van der Waals surface area contributed by atoms with Crippen molar-refractivity contribution in [3.8, 4) is 0 Å². The van der Waals surface area contributed by atoms with Gasteiger partial charge < -0.3 is 10.6 Å². The van der Waals surface area contributed by atoms with Crippen LogP contribution in [0.4, 0.5) is 10.1 Å². The van der Waals surface area contributed by atoms with Gasteiger partial charge >= 0.3 is 0 Å². The fourth-order valence-electron chi connectivity index (χ4n) is 0.975. The second kappa shape index (κ2) is 4.39. The third kappa shape index (κ3) is 2.21. The van der Waals surface area contributed by atoms with Crippen molar-refractivity contribution in [1.82, 2.24) is 0 Å². The molecular weight excluding hydrogens is 207 g/mol. The Morgan fingerprint density at radius 1 is 1.64 bits per heavy atom. The molecule has 0 radical (unpaired) electrons. The lowest BCUT2D eigenvalue weighted by atomic mass is 10.3. The minimum absolute atomic E-state index is 0.0147. The summed E-state index contributed by atoms with van der Waals surface area (Å²) in [5, 5.41) is -0.0147. The molecule has 0 saturated heterocycles. The van der Waals surface area contributed by atoms with Gasteiger partial charge in [-0.25, -0.2) is 4.39 Å². The van der Waals surface area contributed by atoms with Crippen LogP contribution in [-0.2, 0) is 4.79 Å². The maximum absolute atomic E-state index is 12.8. The molecule has 1 amide bonds. The molecule has 1 aromatic rings. The molecule has 2 N–H and O–H groups in total. The number of nitrogens with two attached hydrogens (primary N) is 1. The molecule has 0 heterocycles. The highest BCUT2D eigenvalue weighted by atomic mass is 35.5. The average molecular weight is 217 g/mol. The monoisotopic (exact) mass is 216 g/mol. The molecule has 1 rings (SSSR count). The van der Waals surface area contributed by atoms with E-state index in [4.69, 9.17) is 17.3 Å². The van der Waals surface area contributed by atoms with Gasteiger partial charge in [-0.3, -0.25) is 4.79 Å². The molecule has 0 fully saturated rings. The number of carbonyl (C=O) groups is 1. The first-order chi connectivity index (χ1) is 6.56. The number of carbonyl (C=O) groups excluding carboxylic acids is 1. The molecular formula is C9H10ClFN2O. The summed E-state index contributed by atoms with van der Waals surface area (Å²) in [4.78, 5) is 12.5. The normalized spacial score (nSPS) is 10.0. The van der Waals surface area contributed by atoms with Crippen LogP contribution < -0.4 is 10.6 Å². The van der Waals surface area contributed by atoms with Gasteiger partial charge in [0.05, 0.1) is 11.6 Å². The van der Waals surface area contributed by atoms with Crippen molar-refractivity contribution in [2.75, 3.05) is 18.5 Å². The van der Waals surface area contributed by atoms with Crippen molar-refractivity contribution < 1.29 is 9.18 Å². The third-order valence-corrected chi connectivity index (χ3v) is 2.13. The lowest BCUT2D eigenvalue weighted by Crippen LogP contribution is -2.32. The van der Waals surface area contributed by atoms with E-state index in [0.717, 1.165) is 0 Å². The highest BCUT2D eigenvalue weighted by molar-refractivity contribution is 6.31. The van der Waals surface area contributed by atoms with Crippen molar-refractivity contribution in [2.45, 2.75) is 0 Å². The van der Waals surface area contributed by atoms with Gasteiger partial charge in [-0.1, -0.05) is 11.6 Å². The van der Waals surface area contributed by atoms with E-state index < -0.39 is 5.82 Å². The average Bonchev–Trinajstić information content (AvgIpc) is 2.20. The van der Waals surface area contributed by atoms with E-state index in [2.05, 4.69) is 0 Å². The predicted molar refractivity (Wildman–Crippen MR) is 53.9 cm³/mol. The summed E-state index contributed by atoms with van der Waals surface area (Å²) in [6.45, 7) is -0.0918. The van der Waals surface area contributed by atoms with Crippen LogP contribution in [0.1, 0.15) is 0 Å². The zero-order valence-electron chi connectivity index (χ0n) is 7.63. The van der Waals surface area contributed by atoms with Gasteiger partial charge in [-0.2, -0.15) is 0 Å². The van der Waals surface area contributed by atoms with E-state index in [1.54, 1.807) is 7.05 Å². The van der Waals surface area contributed by atoms with Crippen molar-refractivity contribution in [3.63, 3.8) is 0 Å². The summed E-state index contributed by atoms with van der Waals surface area (Å²) in [5.74, 6) is -0.767. The van der Waals surface area contributed by atoms with Gasteiger partial charge in [0.25, 0.3) is 0 Å². The zero-order valence-corrected chi connectivity index (χ0v) is 8.38. The number of nitrogens with zero attached hydrogens (tertiary/aromatic N) is 1. The molecule has 0 atom stereocenters. The maximum Gasteiger partial charge on any atom is 0.240 e. The lowest BCUT2D eigenvalue weighted by molar-refractivity contribution is -0.117. The largest absolute Gasteiger partial charge is 0.322 e. The van der Waals surface area contributed by atoms with E-state index in [1.807, 2.05) is 0 Å². The molecule has 0 aliphatic rings. The van der Waals surface area contributed by atoms with Crippen LogP contribution in [0.2, 0.25) is 5.02 Å². The van der Waals surface area contributed by atoms with Crippen LogP contribution in [-0.4, -0.2) is 19.5 Å². The van der Waals surface area contributed by atoms with E-state index in [0.29, 0.717) is 5.69 Å². The van der Waals surface area contributed by atoms with E-state index >= 15 is 0 Å². The van der Waals surface area contributed by atoms with Crippen LogP contribution in [0.5, 0.6) is 0 Å². The number of hydrogen-bond donors (Lipinski definition) is 1. The van der Waals surface area contributed by atoms with Crippen molar-refractivity contribution >= 4 is 23.2 Å². The molecule has 3 nitrogen and oxygen atoms in total. The topological polar surface area (TPSA) is 46.3 Å². The smallest absolute Gasteiger partial charge is 0.240 e. The second-order valence-corrected chi connectivity index (χ2v) is 3.16. The number of rotatable bonds is 2. The van der Waals surface area contributed by atoms with E-state index in [-0.39, 0.29) is 17.5 Å². The Morgan fingerprint density at radius 3 is 2.79 bits per heavy atom. The Hall–Kier alpha value is -1.13. The number of hydrogen-bond acceptors (Lipinski definition) is 2. The van der Waals surface area contributed by atoms with Gasteiger partial charge in [0.15, 0.2) is 0 Å². The minimum Gasteiger partial charge on any atom is -0.322 e. The Bertz CT molecular complexity index is 357. The molecule has 0 saturated carbocycles. The Balaban J connectivity index is 2.96. The van der Waals surface area contributed by atoms with Gasteiger partial charge in [-0.15, -0.1) is 0 Å². The van der Waals surface area contributed by atoms with Gasteiger partial charge in [0.1, 0.15) is 5.82 Å². The summed E-state index contributed by atoms with van der Waals surface area (Å²) in [6.07, 6.45) is 0. The maximum atomic E-state index is 12.8. The molecule has 0 spiro atoms. The van der Waals surface area contributed by atoms with Crippen molar-refractivity contribution in [2.24, 2.45) is 5.73 Å². The van der Waals surface area contributed by atoms with Crippen LogP contribution in [0.15, 0.2) is 18.2 Å². The lowest BCUT2D eigenvalue weighted by Gasteiger charge is -2.16. The van der Waals surface area contributed by atoms with Crippen LogP contribution >= 0.6 is 11.6 Å². The SMILES string of the molecule is CN(C(=O)CN)c1ccc(F)c(Cl)c1. The molecule has 0 aliphatic carbocycles. The summed E-state index contributed by atoms with van der Waals surface area (Å²) >= 11 is 5.56. The molecule has 0 aliphatic heterocycles. The summed E-state index contributed by atoms with van der Waals surface area (Å²) < 4.78 is 12.8. The first kappa shape index (κ1) is 10.9. The highest BCUT2D eigenvalue weighted by Gasteiger charge is 2.10. The zero-order chi connectivity index (χ0) is 10.7. The van der Waals surface area contributed by atoms with Crippen molar-refractivity contribution in [3.05, 3.63) is 29.0 Å². The Morgan fingerprint density at radius 2 is 2.29 bits per heavy atom. The number of halogens is 2. The van der Waals surface area contributed by atoms with E-state index in [9.17, 15) is 9.18 Å². The number of anilines is 1. The fraction of sp³-hybridized carbons (Fsp3) is 0.222. The second-order valence-electron chi connectivity index (χ2n) is 2.76. The first-order valence-corrected chi connectivity index (χ1v) is 4.35. The number of benzene rings is 1. The standard InChI is InChI=1S/C9H10ClFN2O/c1-13(9(14)5-12)6-2-3-8(11)7(10)4-6/h2-4H,5,12H2,1H3. The molecule has 76 valence electrons. The van der Waals surface area contributed by atoms with Gasteiger partial charge in [-0.05, 0) is 18.2 Å².